The molecule has 1 saturated heterocycles. The van der Waals surface area contributed by atoms with Crippen molar-refractivity contribution in [1.82, 2.24) is 19.6 Å². The molecule has 3 rings (SSSR count). The number of likely N-dealkylation sites (tertiary alicyclic amines) is 1. The van der Waals surface area contributed by atoms with Crippen LogP contribution in [0.5, 0.6) is 0 Å². The Morgan fingerprint density at radius 3 is 2.48 bits per heavy atom. The molecule has 1 amide bonds. The number of hydrogen-bond acceptors (Lipinski definition) is 3. The smallest absolute Gasteiger partial charge is 0.274 e. The zero-order valence-corrected chi connectivity index (χ0v) is 14.8. The van der Waals surface area contributed by atoms with Crippen LogP contribution in [-0.2, 0) is 7.05 Å². The quantitative estimate of drug-likeness (QED) is 0.856. The van der Waals surface area contributed by atoms with Gasteiger partial charge in [0, 0.05) is 32.4 Å². The third kappa shape index (κ3) is 3.77. The average molecular weight is 318 g/mol. The predicted octanol–water partition coefficient (Wildman–Crippen LogP) is 2.46. The summed E-state index contributed by atoms with van der Waals surface area (Å²) >= 11 is 0. The van der Waals surface area contributed by atoms with Gasteiger partial charge >= 0.3 is 0 Å². The average Bonchev–Trinajstić information content (AvgIpc) is 3.18. The minimum Gasteiger partial charge on any atom is -0.340 e. The minimum absolute atomic E-state index is 0.0481. The third-order valence-corrected chi connectivity index (χ3v) is 5.70. The van der Waals surface area contributed by atoms with Crippen molar-refractivity contribution in [2.75, 3.05) is 26.7 Å². The molecule has 1 saturated carbocycles. The Morgan fingerprint density at radius 1 is 1.26 bits per heavy atom. The first kappa shape index (κ1) is 16.5. The van der Waals surface area contributed by atoms with Gasteiger partial charge in [-0.2, -0.15) is 5.10 Å². The maximum Gasteiger partial charge on any atom is 0.274 e. The Kier molecular flexibility index (Phi) is 5.05. The molecule has 2 aliphatic rings. The highest BCUT2D eigenvalue weighted by atomic mass is 16.2. The van der Waals surface area contributed by atoms with Crippen LogP contribution in [0.15, 0.2) is 6.07 Å². The summed E-state index contributed by atoms with van der Waals surface area (Å²) in [6.07, 6.45) is 8.03. The summed E-state index contributed by atoms with van der Waals surface area (Å²) in [5.74, 6) is 0.679. The molecule has 0 radical (unpaired) electrons. The monoisotopic (exact) mass is 318 g/mol. The molecule has 128 valence electrons. The standard InChI is InChI=1S/C18H30N4O/c1-14-12-17(19-21(14)3)18(23)20(2)13-15-8-10-22(11-9-15)16-6-4-5-7-16/h12,15-16H,4-11,13H2,1-3H3. The number of amides is 1. The molecule has 1 aliphatic carbocycles. The maximum absolute atomic E-state index is 12.5. The van der Waals surface area contributed by atoms with Gasteiger partial charge in [0.15, 0.2) is 5.69 Å². The van der Waals surface area contributed by atoms with E-state index in [-0.39, 0.29) is 5.91 Å². The molecule has 0 aromatic carbocycles. The Labute approximate surface area is 139 Å². The summed E-state index contributed by atoms with van der Waals surface area (Å²) in [5, 5.41) is 4.31. The Morgan fingerprint density at radius 2 is 1.91 bits per heavy atom. The highest BCUT2D eigenvalue weighted by Gasteiger charge is 2.28. The summed E-state index contributed by atoms with van der Waals surface area (Å²) in [5.41, 5.74) is 1.59. The van der Waals surface area contributed by atoms with Crippen molar-refractivity contribution < 1.29 is 4.79 Å². The molecule has 0 atom stereocenters. The van der Waals surface area contributed by atoms with Crippen LogP contribution in [0.2, 0.25) is 0 Å². The lowest BCUT2D eigenvalue weighted by molar-refractivity contribution is 0.0711. The summed E-state index contributed by atoms with van der Waals surface area (Å²) in [6.45, 7) is 5.25. The van der Waals surface area contributed by atoms with Gasteiger partial charge in [-0.3, -0.25) is 9.48 Å². The molecule has 1 aromatic rings. The maximum atomic E-state index is 12.5. The minimum atomic E-state index is 0.0481. The lowest BCUT2D eigenvalue weighted by Gasteiger charge is -2.37. The number of rotatable bonds is 4. The van der Waals surface area contributed by atoms with Crippen LogP contribution in [0.1, 0.15) is 54.7 Å². The van der Waals surface area contributed by atoms with Crippen LogP contribution in [0.25, 0.3) is 0 Å². The SMILES string of the molecule is Cc1cc(C(=O)N(C)CC2CCN(C3CCCC3)CC2)nn1C. The molecule has 0 unspecified atom stereocenters. The molecule has 0 spiro atoms. The van der Waals surface area contributed by atoms with Gasteiger partial charge in [0.2, 0.25) is 0 Å². The Bertz CT molecular complexity index is 520. The predicted molar refractivity (Wildman–Crippen MR) is 91.5 cm³/mol. The number of hydrogen-bond donors (Lipinski definition) is 0. The van der Waals surface area contributed by atoms with Gasteiger partial charge in [0.05, 0.1) is 0 Å². The number of carbonyl (C=O) groups is 1. The fraction of sp³-hybridized carbons (Fsp3) is 0.778. The van der Waals surface area contributed by atoms with Gasteiger partial charge in [0.1, 0.15) is 0 Å². The van der Waals surface area contributed by atoms with Gasteiger partial charge in [-0.15, -0.1) is 0 Å². The number of nitrogens with zero attached hydrogens (tertiary/aromatic N) is 4. The van der Waals surface area contributed by atoms with Crippen molar-refractivity contribution in [2.24, 2.45) is 13.0 Å². The first-order valence-electron chi connectivity index (χ1n) is 9.04. The van der Waals surface area contributed by atoms with Crippen LogP contribution in [-0.4, -0.2) is 58.2 Å². The molecule has 0 bridgehead atoms. The molecule has 0 N–H and O–H groups in total. The Balaban J connectivity index is 1.48. The zero-order valence-electron chi connectivity index (χ0n) is 14.8. The molecule has 5 heteroatoms. The van der Waals surface area contributed by atoms with Gasteiger partial charge in [-0.25, -0.2) is 0 Å². The van der Waals surface area contributed by atoms with Gasteiger partial charge in [-0.1, -0.05) is 12.8 Å². The van der Waals surface area contributed by atoms with Crippen molar-refractivity contribution in [1.29, 1.82) is 0 Å². The van der Waals surface area contributed by atoms with E-state index in [0.29, 0.717) is 11.6 Å². The molecule has 1 aliphatic heterocycles. The summed E-state index contributed by atoms with van der Waals surface area (Å²) < 4.78 is 1.77. The van der Waals surface area contributed by atoms with E-state index in [4.69, 9.17) is 0 Å². The van der Waals surface area contributed by atoms with Crippen molar-refractivity contribution in [2.45, 2.75) is 51.5 Å². The van der Waals surface area contributed by atoms with E-state index < -0.39 is 0 Å². The molecule has 1 aromatic heterocycles. The summed E-state index contributed by atoms with van der Waals surface area (Å²) in [6, 6.07) is 2.72. The van der Waals surface area contributed by atoms with Crippen molar-refractivity contribution in [3.8, 4) is 0 Å². The first-order valence-corrected chi connectivity index (χ1v) is 9.04. The van der Waals surface area contributed by atoms with Gasteiger partial charge < -0.3 is 9.80 Å². The molecule has 2 fully saturated rings. The highest BCUT2D eigenvalue weighted by molar-refractivity contribution is 5.92. The van der Waals surface area contributed by atoms with Crippen molar-refractivity contribution in [3.63, 3.8) is 0 Å². The highest BCUT2D eigenvalue weighted by Crippen LogP contribution is 2.28. The number of aryl methyl sites for hydroxylation is 2. The fourth-order valence-electron chi connectivity index (χ4n) is 4.10. The van der Waals surface area contributed by atoms with Crippen LogP contribution in [0, 0.1) is 12.8 Å². The lowest BCUT2D eigenvalue weighted by atomic mass is 9.95. The van der Waals surface area contributed by atoms with E-state index in [0.717, 1.165) is 18.3 Å². The summed E-state index contributed by atoms with van der Waals surface area (Å²) in [4.78, 5) is 17.0. The fourth-order valence-corrected chi connectivity index (χ4v) is 4.10. The second kappa shape index (κ2) is 7.04. The van der Waals surface area contributed by atoms with Crippen LogP contribution >= 0.6 is 0 Å². The largest absolute Gasteiger partial charge is 0.340 e. The zero-order chi connectivity index (χ0) is 16.4. The van der Waals surface area contributed by atoms with Gasteiger partial charge in [-0.05, 0) is 57.7 Å². The van der Waals surface area contributed by atoms with Crippen LogP contribution < -0.4 is 0 Å². The normalized spacial score (nSPS) is 21.0. The van der Waals surface area contributed by atoms with E-state index in [2.05, 4.69) is 10.00 Å². The number of piperidine rings is 1. The van der Waals surface area contributed by atoms with E-state index in [1.807, 2.05) is 32.0 Å². The topological polar surface area (TPSA) is 41.4 Å². The van der Waals surface area contributed by atoms with Gasteiger partial charge in [0.25, 0.3) is 5.91 Å². The molecule has 5 nitrogen and oxygen atoms in total. The number of aromatic nitrogens is 2. The summed E-state index contributed by atoms with van der Waals surface area (Å²) in [7, 11) is 3.79. The van der Waals surface area contributed by atoms with Crippen molar-refractivity contribution >= 4 is 5.91 Å². The van der Waals surface area contributed by atoms with Crippen LogP contribution in [0.4, 0.5) is 0 Å². The third-order valence-electron chi connectivity index (χ3n) is 5.70. The van der Waals surface area contributed by atoms with Crippen molar-refractivity contribution in [3.05, 3.63) is 17.5 Å². The second-order valence-corrected chi connectivity index (χ2v) is 7.40. The molecule has 2 heterocycles. The molecule has 23 heavy (non-hydrogen) atoms. The van der Waals surface area contributed by atoms with E-state index >= 15 is 0 Å². The van der Waals surface area contributed by atoms with Crippen LogP contribution in [0.3, 0.4) is 0 Å². The lowest BCUT2D eigenvalue weighted by Crippen LogP contribution is -2.43. The number of carbonyl (C=O) groups excluding carboxylic acids is 1. The Hall–Kier alpha value is -1.36. The molecular weight excluding hydrogens is 288 g/mol. The van der Waals surface area contributed by atoms with E-state index in [9.17, 15) is 4.79 Å². The molecular formula is C18H30N4O. The van der Waals surface area contributed by atoms with E-state index in [1.54, 1.807) is 4.68 Å². The second-order valence-electron chi connectivity index (χ2n) is 7.40. The van der Waals surface area contributed by atoms with E-state index in [1.165, 1.54) is 51.6 Å². The first-order chi connectivity index (χ1) is 11.0.